The van der Waals surface area contributed by atoms with Crippen LogP contribution in [0.3, 0.4) is 0 Å². The van der Waals surface area contributed by atoms with E-state index in [2.05, 4.69) is 11.8 Å². The smallest absolute Gasteiger partial charge is 0.222 e. The van der Waals surface area contributed by atoms with Gasteiger partial charge < -0.3 is 9.64 Å². The number of morpholine rings is 1. The van der Waals surface area contributed by atoms with Gasteiger partial charge in [-0.3, -0.25) is 4.79 Å². The summed E-state index contributed by atoms with van der Waals surface area (Å²) in [6.45, 7) is 3.60. The highest BCUT2D eigenvalue weighted by atomic mass is 16.5. The SMILES string of the molecule is CCCC(=O)N1CCO[C@@H]2CCCC[C@H]21. The van der Waals surface area contributed by atoms with Crippen LogP contribution in [0.25, 0.3) is 0 Å². The van der Waals surface area contributed by atoms with Gasteiger partial charge in [-0.2, -0.15) is 0 Å². The van der Waals surface area contributed by atoms with Crippen LogP contribution in [0.5, 0.6) is 0 Å². The second-order valence-corrected chi connectivity index (χ2v) is 4.60. The normalized spacial score (nSPS) is 31.1. The topological polar surface area (TPSA) is 29.5 Å². The number of carbonyl (C=O) groups is 1. The van der Waals surface area contributed by atoms with Gasteiger partial charge in [-0.1, -0.05) is 19.8 Å². The van der Waals surface area contributed by atoms with E-state index in [9.17, 15) is 4.79 Å². The molecule has 2 rings (SSSR count). The molecule has 0 aromatic rings. The maximum atomic E-state index is 11.9. The Hall–Kier alpha value is -0.570. The van der Waals surface area contributed by atoms with Crippen LogP contribution in [0.1, 0.15) is 45.4 Å². The molecule has 0 aromatic heterocycles. The highest BCUT2D eigenvalue weighted by Crippen LogP contribution is 2.28. The largest absolute Gasteiger partial charge is 0.374 e. The van der Waals surface area contributed by atoms with Crippen LogP contribution in [0.4, 0.5) is 0 Å². The van der Waals surface area contributed by atoms with Gasteiger partial charge in [-0.15, -0.1) is 0 Å². The van der Waals surface area contributed by atoms with Crippen LogP contribution < -0.4 is 0 Å². The molecule has 2 fully saturated rings. The molecule has 1 aliphatic carbocycles. The molecule has 0 radical (unpaired) electrons. The number of hydrogen-bond donors (Lipinski definition) is 0. The van der Waals surface area contributed by atoms with Crippen LogP contribution >= 0.6 is 0 Å². The molecule has 1 heterocycles. The van der Waals surface area contributed by atoms with Gasteiger partial charge in [-0.05, 0) is 19.3 Å². The molecule has 3 heteroatoms. The van der Waals surface area contributed by atoms with Crippen LogP contribution in [-0.2, 0) is 9.53 Å². The van der Waals surface area contributed by atoms with Gasteiger partial charge in [0.2, 0.25) is 5.91 Å². The van der Waals surface area contributed by atoms with E-state index in [-0.39, 0.29) is 0 Å². The van der Waals surface area contributed by atoms with Crippen molar-refractivity contribution >= 4 is 5.91 Å². The molecule has 15 heavy (non-hydrogen) atoms. The number of fused-ring (bicyclic) bond motifs is 1. The quantitative estimate of drug-likeness (QED) is 0.698. The Morgan fingerprint density at radius 1 is 1.40 bits per heavy atom. The zero-order chi connectivity index (χ0) is 10.7. The summed E-state index contributed by atoms with van der Waals surface area (Å²) in [5.74, 6) is 0.331. The maximum Gasteiger partial charge on any atom is 0.222 e. The van der Waals surface area contributed by atoms with Gasteiger partial charge >= 0.3 is 0 Å². The molecule has 0 spiro atoms. The van der Waals surface area contributed by atoms with Crippen molar-refractivity contribution < 1.29 is 9.53 Å². The maximum absolute atomic E-state index is 11.9. The summed E-state index contributed by atoms with van der Waals surface area (Å²) < 4.78 is 5.75. The third kappa shape index (κ3) is 2.33. The lowest BCUT2D eigenvalue weighted by Gasteiger charge is -2.43. The number of nitrogens with zero attached hydrogens (tertiary/aromatic N) is 1. The first kappa shape index (κ1) is 10.9. The summed E-state index contributed by atoms with van der Waals surface area (Å²) in [5.41, 5.74) is 0. The highest BCUT2D eigenvalue weighted by molar-refractivity contribution is 5.76. The van der Waals surface area contributed by atoms with Crippen molar-refractivity contribution in [2.45, 2.75) is 57.6 Å². The number of carbonyl (C=O) groups excluding carboxylic acids is 1. The third-order valence-corrected chi connectivity index (χ3v) is 3.52. The molecule has 0 bridgehead atoms. The van der Waals surface area contributed by atoms with Crippen LogP contribution in [0, 0.1) is 0 Å². The van der Waals surface area contributed by atoms with Crippen LogP contribution in [0.2, 0.25) is 0 Å². The number of hydrogen-bond acceptors (Lipinski definition) is 2. The highest BCUT2D eigenvalue weighted by Gasteiger charge is 2.35. The average Bonchev–Trinajstić information content (AvgIpc) is 2.28. The first-order valence-electron chi connectivity index (χ1n) is 6.24. The Bertz CT molecular complexity index is 228. The Morgan fingerprint density at radius 3 is 3.00 bits per heavy atom. The average molecular weight is 211 g/mol. The molecule has 2 atom stereocenters. The van der Waals surface area contributed by atoms with Gasteiger partial charge in [-0.25, -0.2) is 0 Å². The Kier molecular flexibility index (Phi) is 3.62. The second-order valence-electron chi connectivity index (χ2n) is 4.60. The number of rotatable bonds is 2. The Labute approximate surface area is 91.8 Å². The minimum atomic E-state index is 0.327. The fraction of sp³-hybridized carbons (Fsp3) is 0.917. The molecule has 86 valence electrons. The lowest BCUT2D eigenvalue weighted by molar-refractivity contribution is -0.149. The minimum Gasteiger partial charge on any atom is -0.374 e. The second kappa shape index (κ2) is 4.97. The van der Waals surface area contributed by atoms with Crippen LogP contribution in [-0.4, -0.2) is 36.1 Å². The lowest BCUT2D eigenvalue weighted by atomic mass is 9.90. The molecule has 1 amide bonds. The van der Waals surface area contributed by atoms with E-state index in [1.807, 2.05) is 0 Å². The summed E-state index contributed by atoms with van der Waals surface area (Å²) >= 11 is 0. The van der Waals surface area contributed by atoms with E-state index in [0.29, 0.717) is 24.5 Å². The standard InChI is InChI=1S/C12H21NO2/c1-2-5-12(14)13-8-9-15-11-7-4-3-6-10(11)13/h10-11H,2-9H2,1H3/t10-,11-/m1/s1. The summed E-state index contributed by atoms with van der Waals surface area (Å²) in [7, 11) is 0. The molecule has 2 aliphatic rings. The molecule has 3 nitrogen and oxygen atoms in total. The van der Waals surface area contributed by atoms with Gasteiger partial charge in [0.1, 0.15) is 0 Å². The van der Waals surface area contributed by atoms with Crippen molar-refractivity contribution in [2.75, 3.05) is 13.2 Å². The molecule has 1 saturated heterocycles. The summed E-state index contributed by atoms with van der Waals surface area (Å²) in [6, 6.07) is 0.381. The monoisotopic (exact) mass is 211 g/mol. The van der Waals surface area contributed by atoms with E-state index in [0.717, 1.165) is 32.4 Å². The zero-order valence-corrected chi connectivity index (χ0v) is 9.58. The van der Waals surface area contributed by atoms with E-state index in [1.165, 1.54) is 12.8 Å². The van der Waals surface area contributed by atoms with Gasteiger partial charge in [0, 0.05) is 13.0 Å². The van der Waals surface area contributed by atoms with Crippen molar-refractivity contribution in [3.05, 3.63) is 0 Å². The van der Waals surface area contributed by atoms with Crippen molar-refractivity contribution in [3.8, 4) is 0 Å². The van der Waals surface area contributed by atoms with Crippen LogP contribution in [0.15, 0.2) is 0 Å². The molecule has 0 N–H and O–H groups in total. The van der Waals surface area contributed by atoms with E-state index < -0.39 is 0 Å². The first-order chi connectivity index (χ1) is 7.33. The fourth-order valence-electron chi connectivity index (χ4n) is 2.76. The summed E-state index contributed by atoms with van der Waals surface area (Å²) in [5, 5.41) is 0. The van der Waals surface area contributed by atoms with Gasteiger partial charge in [0.25, 0.3) is 0 Å². The summed E-state index contributed by atoms with van der Waals surface area (Å²) in [4.78, 5) is 14.0. The molecule has 0 unspecified atom stereocenters. The molecular formula is C12H21NO2. The molecule has 0 aromatic carbocycles. The van der Waals surface area contributed by atoms with E-state index >= 15 is 0 Å². The Morgan fingerprint density at radius 2 is 2.20 bits per heavy atom. The van der Waals surface area contributed by atoms with Crippen molar-refractivity contribution in [1.29, 1.82) is 0 Å². The molecule has 1 saturated carbocycles. The van der Waals surface area contributed by atoms with Crippen molar-refractivity contribution in [1.82, 2.24) is 4.90 Å². The first-order valence-corrected chi connectivity index (χ1v) is 6.24. The summed E-state index contributed by atoms with van der Waals surface area (Å²) in [6.07, 6.45) is 6.77. The fourth-order valence-corrected chi connectivity index (χ4v) is 2.76. The van der Waals surface area contributed by atoms with Crippen molar-refractivity contribution in [3.63, 3.8) is 0 Å². The predicted octanol–water partition coefficient (Wildman–Crippen LogP) is 1.96. The lowest BCUT2D eigenvalue weighted by Crippen LogP contribution is -2.54. The molecular weight excluding hydrogens is 190 g/mol. The number of amides is 1. The van der Waals surface area contributed by atoms with Gasteiger partial charge in [0.15, 0.2) is 0 Å². The van der Waals surface area contributed by atoms with E-state index in [1.54, 1.807) is 0 Å². The minimum absolute atomic E-state index is 0.327. The Balaban J connectivity index is 2.00. The predicted molar refractivity (Wildman–Crippen MR) is 58.6 cm³/mol. The third-order valence-electron chi connectivity index (χ3n) is 3.52. The zero-order valence-electron chi connectivity index (χ0n) is 9.58. The van der Waals surface area contributed by atoms with E-state index in [4.69, 9.17) is 4.74 Å². The molecule has 1 aliphatic heterocycles. The van der Waals surface area contributed by atoms with Gasteiger partial charge in [0.05, 0.1) is 18.8 Å². The number of ether oxygens (including phenoxy) is 1. The van der Waals surface area contributed by atoms with Crippen molar-refractivity contribution in [2.24, 2.45) is 0 Å².